The van der Waals surface area contributed by atoms with Gasteiger partial charge in [-0.3, -0.25) is 19.1 Å². The number of allylic oxidation sites excluding steroid dienone is 1. The molecule has 3 saturated carbocycles. The van der Waals surface area contributed by atoms with E-state index < -0.39 is 74.1 Å². The maximum absolute atomic E-state index is 14.6. The third-order valence-corrected chi connectivity index (χ3v) is 13.0. The lowest BCUT2D eigenvalue weighted by molar-refractivity contribution is -0.143. The van der Waals surface area contributed by atoms with E-state index in [1.54, 1.807) is 19.1 Å². The van der Waals surface area contributed by atoms with E-state index in [2.05, 4.69) is 20.5 Å². The van der Waals surface area contributed by atoms with Crippen LogP contribution in [0, 0.1) is 11.3 Å². The van der Waals surface area contributed by atoms with Crippen LogP contribution in [-0.2, 0) is 34.0 Å². The largest absolute Gasteiger partial charge is 0.446 e. The van der Waals surface area contributed by atoms with Crippen molar-refractivity contribution in [1.82, 2.24) is 20.3 Å². The molecule has 14 heteroatoms. The number of hydrogen-bond donors (Lipinski definition) is 3. The van der Waals surface area contributed by atoms with Gasteiger partial charge in [0.05, 0.1) is 11.8 Å². The highest BCUT2D eigenvalue weighted by molar-refractivity contribution is 7.91. The van der Waals surface area contributed by atoms with Crippen molar-refractivity contribution in [1.29, 1.82) is 0 Å². The Morgan fingerprint density at radius 1 is 0.926 bits per heavy atom. The van der Waals surface area contributed by atoms with Crippen molar-refractivity contribution >= 4 is 39.5 Å². The number of nitrogens with one attached hydrogen (secondary N) is 3. The Labute approximate surface area is 316 Å². The summed E-state index contributed by atoms with van der Waals surface area (Å²) in [4.78, 5) is 63.3. The molecular weight excluding hydrogens is 711 g/mol. The van der Waals surface area contributed by atoms with Crippen molar-refractivity contribution in [2.45, 2.75) is 114 Å². The van der Waals surface area contributed by atoms with E-state index in [-0.39, 0.29) is 25.5 Å². The molecule has 1 saturated heterocycles. The number of oxime groups is 1. The summed E-state index contributed by atoms with van der Waals surface area (Å²) in [5, 5.41) is 9.62. The lowest BCUT2D eigenvalue weighted by atomic mass is 9.85. The zero-order valence-corrected chi connectivity index (χ0v) is 32.0. The van der Waals surface area contributed by atoms with Crippen molar-refractivity contribution < 1.29 is 37.2 Å². The standard InChI is InChI=1S/C40H49N5O8S/c1-5-12-24-22-40(24,37(48)44-54(50,51)27-19-20-27)42-35(46)32-21-26(53-43-33-30-17-10-8-15-28(30)29-16-9-11-18-31(29)33)23-45(32)36(47)34(39(2,3)4)41-38(49)52-25-13-6-7-14-25/h5,8-12,15-18,24-27,32,34H,6-7,13-14,19-23H2,1-4H3,(H,41,49)(H,42,46)(H,44,48)/b12-5+/t24-,26-,32+,34-,40+/m1/s1. The number of fused-ring (bicyclic) bond motifs is 3. The number of carbonyl (C=O) groups is 4. The number of alkyl carbamates (subject to hydrolysis) is 1. The van der Waals surface area contributed by atoms with Gasteiger partial charge < -0.3 is 25.1 Å². The van der Waals surface area contributed by atoms with Gasteiger partial charge >= 0.3 is 6.09 Å². The molecule has 0 radical (unpaired) electrons. The number of sulfonamides is 1. The average Bonchev–Trinajstić information content (AvgIpc) is 3.95. The molecule has 2 aromatic carbocycles. The Balaban J connectivity index is 1.16. The van der Waals surface area contributed by atoms with Crippen molar-refractivity contribution in [2.75, 3.05) is 6.54 Å². The Morgan fingerprint density at radius 3 is 2.11 bits per heavy atom. The van der Waals surface area contributed by atoms with E-state index in [9.17, 15) is 27.6 Å². The second-order valence-electron chi connectivity index (χ2n) is 16.2. The van der Waals surface area contributed by atoms with Gasteiger partial charge in [-0.25, -0.2) is 13.2 Å². The fourth-order valence-corrected chi connectivity index (χ4v) is 9.27. The summed E-state index contributed by atoms with van der Waals surface area (Å²) in [6.45, 7) is 7.20. The lowest BCUT2D eigenvalue weighted by Crippen LogP contribution is -2.60. The number of benzene rings is 2. The molecule has 2 aromatic rings. The molecule has 0 unspecified atom stereocenters. The van der Waals surface area contributed by atoms with Gasteiger partial charge in [-0.2, -0.15) is 0 Å². The molecule has 1 heterocycles. The fraction of sp³-hybridized carbons (Fsp3) is 0.525. The molecule has 0 aromatic heterocycles. The van der Waals surface area contributed by atoms with Crippen LogP contribution in [0.2, 0.25) is 0 Å². The third kappa shape index (κ3) is 7.49. The number of ether oxygens (including phenoxy) is 1. The number of amides is 4. The smallest absolute Gasteiger partial charge is 0.408 e. The van der Waals surface area contributed by atoms with Crippen LogP contribution in [0.1, 0.15) is 90.2 Å². The number of rotatable bonds is 11. The van der Waals surface area contributed by atoms with E-state index in [4.69, 9.17) is 9.57 Å². The molecule has 0 bridgehead atoms. The first-order valence-electron chi connectivity index (χ1n) is 18.9. The van der Waals surface area contributed by atoms with Crippen molar-refractivity contribution in [2.24, 2.45) is 16.5 Å². The Morgan fingerprint density at radius 2 is 1.54 bits per heavy atom. The number of carbonyl (C=O) groups excluding carboxylic acids is 4. The predicted molar refractivity (Wildman–Crippen MR) is 202 cm³/mol. The predicted octanol–water partition coefficient (Wildman–Crippen LogP) is 4.55. The first-order valence-corrected chi connectivity index (χ1v) is 20.5. The number of likely N-dealkylation sites (tertiary alicyclic amines) is 1. The minimum absolute atomic E-state index is 0.0313. The second-order valence-corrected chi connectivity index (χ2v) is 18.2. The molecule has 288 valence electrons. The van der Waals surface area contributed by atoms with Gasteiger partial charge in [-0.05, 0) is 68.4 Å². The first kappa shape index (κ1) is 37.6. The molecular formula is C40H49N5O8S. The summed E-state index contributed by atoms with van der Waals surface area (Å²) in [5.74, 6) is -2.40. The molecule has 5 aliphatic rings. The summed E-state index contributed by atoms with van der Waals surface area (Å²) in [5.41, 5.74) is 2.18. The zero-order valence-electron chi connectivity index (χ0n) is 31.2. The first-order chi connectivity index (χ1) is 25.7. The normalized spacial score (nSPS) is 25.4. The van der Waals surface area contributed by atoms with Crippen LogP contribution in [-0.4, -0.2) is 84.5 Å². The highest BCUT2D eigenvalue weighted by Gasteiger charge is 2.62. The molecule has 13 nitrogen and oxygen atoms in total. The Bertz CT molecular complexity index is 1950. The molecule has 1 aliphatic heterocycles. The van der Waals surface area contributed by atoms with Gasteiger partial charge in [0.2, 0.25) is 21.8 Å². The van der Waals surface area contributed by atoms with Crippen LogP contribution in [0.5, 0.6) is 0 Å². The molecule has 4 aliphatic carbocycles. The minimum atomic E-state index is -3.89. The molecule has 0 spiro atoms. The van der Waals surface area contributed by atoms with Crippen LogP contribution in [0.3, 0.4) is 0 Å². The van der Waals surface area contributed by atoms with E-state index in [1.807, 2.05) is 69.3 Å². The summed E-state index contributed by atoms with van der Waals surface area (Å²) < 4.78 is 33.4. The van der Waals surface area contributed by atoms with Crippen molar-refractivity contribution in [3.8, 4) is 11.1 Å². The molecule has 4 fully saturated rings. The van der Waals surface area contributed by atoms with Gasteiger partial charge in [0.25, 0.3) is 5.91 Å². The molecule has 54 heavy (non-hydrogen) atoms. The monoisotopic (exact) mass is 759 g/mol. The fourth-order valence-electron chi connectivity index (χ4n) is 7.91. The van der Waals surface area contributed by atoms with E-state index in [0.717, 1.165) is 47.9 Å². The van der Waals surface area contributed by atoms with Crippen molar-refractivity contribution in [3.63, 3.8) is 0 Å². The Hall–Kier alpha value is -4.72. The van der Waals surface area contributed by atoms with Gasteiger partial charge in [0.15, 0.2) is 0 Å². The van der Waals surface area contributed by atoms with Crippen LogP contribution < -0.4 is 15.4 Å². The third-order valence-electron chi connectivity index (χ3n) is 11.1. The number of nitrogens with zero attached hydrogens (tertiary/aromatic N) is 2. The quantitative estimate of drug-likeness (QED) is 0.189. The molecule has 7 rings (SSSR count). The number of hydrogen-bond acceptors (Lipinski definition) is 9. The van der Waals surface area contributed by atoms with E-state index in [0.29, 0.717) is 18.6 Å². The van der Waals surface area contributed by atoms with Crippen LogP contribution >= 0.6 is 0 Å². The van der Waals surface area contributed by atoms with Gasteiger partial charge in [0.1, 0.15) is 35.5 Å². The summed E-state index contributed by atoms with van der Waals surface area (Å²) in [6, 6.07) is 13.5. The van der Waals surface area contributed by atoms with Gasteiger partial charge in [-0.1, -0.05) is 86.6 Å². The second kappa shape index (κ2) is 14.5. The highest BCUT2D eigenvalue weighted by atomic mass is 32.2. The Kier molecular flexibility index (Phi) is 10.1. The van der Waals surface area contributed by atoms with Crippen LogP contribution in [0.4, 0.5) is 4.79 Å². The minimum Gasteiger partial charge on any atom is -0.446 e. The topological polar surface area (TPSA) is 173 Å². The maximum atomic E-state index is 14.6. The average molecular weight is 760 g/mol. The SMILES string of the molecule is C/C=C/[C@@H]1C[C@@]1(NC(=O)[C@@H]1C[C@@H](ON=C2c3ccccc3-c3ccccc32)CN1C(=O)[C@@H](NC(=O)OC1CCCC1)C(C)(C)C)C(=O)NS(=O)(=O)C1CC1. The maximum Gasteiger partial charge on any atom is 0.408 e. The molecule has 4 amide bonds. The van der Waals surface area contributed by atoms with Gasteiger partial charge in [-0.15, -0.1) is 0 Å². The van der Waals surface area contributed by atoms with Crippen molar-refractivity contribution in [3.05, 3.63) is 71.8 Å². The van der Waals surface area contributed by atoms with E-state index >= 15 is 0 Å². The summed E-state index contributed by atoms with van der Waals surface area (Å²) in [6.07, 6.45) is 6.49. The molecule has 5 atom stereocenters. The van der Waals surface area contributed by atoms with E-state index in [1.165, 1.54) is 4.90 Å². The zero-order chi connectivity index (χ0) is 38.4. The lowest BCUT2D eigenvalue weighted by Gasteiger charge is -2.35. The van der Waals surface area contributed by atoms with Crippen LogP contribution in [0.15, 0.2) is 65.8 Å². The summed E-state index contributed by atoms with van der Waals surface area (Å²) >= 11 is 0. The van der Waals surface area contributed by atoms with Crippen LogP contribution in [0.25, 0.3) is 11.1 Å². The molecule has 3 N–H and O–H groups in total. The summed E-state index contributed by atoms with van der Waals surface area (Å²) in [7, 11) is -3.89. The van der Waals surface area contributed by atoms with Gasteiger partial charge in [0, 0.05) is 23.5 Å². The highest BCUT2D eigenvalue weighted by Crippen LogP contribution is 2.46.